The number of fused-ring (bicyclic) bond motifs is 1. The van der Waals surface area contributed by atoms with Gasteiger partial charge in [-0.25, -0.2) is 0 Å². The van der Waals surface area contributed by atoms with E-state index in [1.807, 2.05) is 61.5 Å². The van der Waals surface area contributed by atoms with Crippen LogP contribution in [0.5, 0.6) is 5.75 Å². The maximum absolute atomic E-state index is 12.5. The van der Waals surface area contributed by atoms with Gasteiger partial charge in [0.15, 0.2) is 0 Å². The number of carbonyl (C=O) groups is 1. The van der Waals surface area contributed by atoms with E-state index in [9.17, 15) is 4.79 Å². The van der Waals surface area contributed by atoms with E-state index in [0.29, 0.717) is 6.61 Å². The van der Waals surface area contributed by atoms with Gasteiger partial charge in [-0.3, -0.25) is 4.79 Å². The minimum atomic E-state index is -0.312. The Morgan fingerprint density at radius 1 is 1.17 bits per heavy atom. The predicted octanol–water partition coefficient (Wildman–Crippen LogP) is 2.44. The summed E-state index contributed by atoms with van der Waals surface area (Å²) in [5.41, 5.74) is 8.33. The normalized spacial score (nSPS) is 19.1. The number of amides is 1. The number of ether oxygens (including phenoxy) is 1. The highest BCUT2D eigenvalue weighted by atomic mass is 16.5. The fourth-order valence-corrected chi connectivity index (χ4v) is 2.88. The molecule has 3 atom stereocenters. The highest BCUT2D eigenvalue weighted by Gasteiger charge is 2.26. The number of nitrogens with one attached hydrogen (secondary N) is 1. The van der Waals surface area contributed by atoms with Crippen LogP contribution >= 0.6 is 0 Å². The molecule has 1 aliphatic heterocycles. The van der Waals surface area contributed by atoms with Crippen LogP contribution in [0, 0.1) is 5.92 Å². The second-order valence-electron chi connectivity index (χ2n) is 6.05. The van der Waals surface area contributed by atoms with Crippen molar-refractivity contribution in [2.45, 2.75) is 25.4 Å². The lowest BCUT2D eigenvalue weighted by molar-refractivity contribution is -0.126. The van der Waals surface area contributed by atoms with Crippen LogP contribution in [0.3, 0.4) is 0 Å². The van der Waals surface area contributed by atoms with Crippen molar-refractivity contribution in [1.82, 2.24) is 5.32 Å². The summed E-state index contributed by atoms with van der Waals surface area (Å²) in [5.74, 6) is 0.580. The van der Waals surface area contributed by atoms with E-state index in [2.05, 4.69) is 5.32 Å². The van der Waals surface area contributed by atoms with Gasteiger partial charge in [0.05, 0.1) is 12.0 Å². The number of carbonyl (C=O) groups excluding carboxylic acids is 1. The van der Waals surface area contributed by atoms with Crippen molar-refractivity contribution in [3.05, 3.63) is 65.7 Å². The smallest absolute Gasteiger partial charge is 0.225 e. The van der Waals surface area contributed by atoms with Crippen molar-refractivity contribution in [2.24, 2.45) is 11.7 Å². The SMILES string of the molecule is CC(C(=O)NC1COc2ccccc2C1)C(N)c1ccccc1. The predicted molar refractivity (Wildman–Crippen MR) is 90.1 cm³/mol. The maximum atomic E-state index is 12.5. The molecule has 120 valence electrons. The van der Waals surface area contributed by atoms with Gasteiger partial charge in [-0.2, -0.15) is 0 Å². The van der Waals surface area contributed by atoms with Crippen molar-refractivity contribution in [3.8, 4) is 5.75 Å². The van der Waals surface area contributed by atoms with E-state index < -0.39 is 0 Å². The van der Waals surface area contributed by atoms with E-state index in [0.717, 1.165) is 23.3 Å². The van der Waals surface area contributed by atoms with Crippen LogP contribution in [0.25, 0.3) is 0 Å². The molecule has 4 heteroatoms. The lowest BCUT2D eigenvalue weighted by Crippen LogP contribution is -2.46. The van der Waals surface area contributed by atoms with Crippen LogP contribution in [-0.4, -0.2) is 18.6 Å². The maximum Gasteiger partial charge on any atom is 0.225 e. The molecule has 1 amide bonds. The third kappa shape index (κ3) is 3.54. The van der Waals surface area contributed by atoms with Crippen LogP contribution in [0.15, 0.2) is 54.6 Å². The van der Waals surface area contributed by atoms with Gasteiger partial charge in [0.2, 0.25) is 5.91 Å². The molecule has 0 spiro atoms. The van der Waals surface area contributed by atoms with Crippen LogP contribution in [0.1, 0.15) is 24.1 Å². The Labute approximate surface area is 136 Å². The summed E-state index contributed by atoms with van der Waals surface area (Å²) < 4.78 is 5.72. The second kappa shape index (κ2) is 6.84. The van der Waals surface area contributed by atoms with Crippen molar-refractivity contribution in [3.63, 3.8) is 0 Å². The molecule has 1 aliphatic rings. The third-order valence-corrected chi connectivity index (χ3v) is 4.36. The Balaban J connectivity index is 1.61. The Morgan fingerprint density at radius 3 is 2.65 bits per heavy atom. The molecule has 0 bridgehead atoms. The lowest BCUT2D eigenvalue weighted by atomic mass is 9.94. The van der Waals surface area contributed by atoms with E-state index in [1.165, 1.54) is 0 Å². The van der Waals surface area contributed by atoms with Gasteiger partial charge >= 0.3 is 0 Å². The number of benzene rings is 2. The molecule has 4 nitrogen and oxygen atoms in total. The molecule has 1 heterocycles. The van der Waals surface area contributed by atoms with Gasteiger partial charge in [-0.15, -0.1) is 0 Å². The number of nitrogens with two attached hydrogens (primary N) is 1. The minimum Gasteiger partial charge on any atom is -0.491 e. The number of hydrogen-bond acceptors (Lipinski definition) is 3. The summed E-state index contributed by atoms with van der Waals surface area (Å²) in [6.07, 6.45) is 0.787. The summed E-state index contributed by atoms with van der Waals surface area (Å²) >= 11 is 0. The zero-order chi connectivity index (χ0) is 16.2. The topological polar surface area (TPSA) is 64.3 Å². The number of para-hydroxylation sites is 1. The standard InChI is InChI=1S/C19H22N2O2/c1-13(18(20)14-7-3-2-4-8-14)19(22)21-16-11-15-9-5-6-10-17(15)23-12-16/h2-10,13,16,18H,11-12,20H2,1H3,(H,21,22). The molecule has 2 aromatic rings. The van der Waals surface area contributed by atoms with Crippen LogP contribution in [0.4, 0.5) is 0 Å². The third-order valence-electron chi connectivity index (χ3n) is 4.36. The first-order valence-electron chi connectivity index (χ1n) is 7.97. The fourth-order valence-electron chi connectivity index (χ4n) is 2.88. The van der Waals surface area contributed by atoms with Crippen molar-refractivity contribution < 1.29 is 9.53 Å². The molecular weight excluding hydrogens is 288 g/mol. The first kappa shape index (κ1) is 15.6. The van der Waals surface area contributed by atoms with Gasteiger partial charge in [0.25, 0.3) is 0 Å². The summed E-state index contributed by atoms with van der Waals surface area (Å²) in [7, 11) is 0. The first-order valence-corrected chi connectivity index (χ1v) is 7.97. The molecule has 0 fully saturated rings. The number of rotatable bonds is 4. The summed E-state index contributed by atoms with van der Waals surface area (Å²) in [4.78, 5) is 12.5. The zero-order valence-electron chi connectivity index (χ0n) is 13.2. The molecule has 0 saturated heterocycles. The Morgan fingerprint density at radius 2 is 1.87 bits per heavy atom. The molecule has 0 aliphatic carbocycles. The van der Waals surface area contributed by atoms with Gasteiger partial charge in [0.1, 0.15) is 12.4 Å². The van der Waals surface area contributed by atoms with Crippen molar-refractivity contribution in [1.29, 1.82) is 0 Å². The van der Waals surface area contributed by atoms with E-state index >= 15 is 0 Å². The second-order valence-corrected chi connectivity index (χ2v) is 6.05. The number of hydrogen-bond donors (Lipinski definition) is 2. The molecule has 0 radical (unpaired) electrons. The largest absolute Gasteiger partial charge is 0.491 e. The molecule has 3 rings (SSSR count). The highest BCUT2D eigenvalue weighted by Crippen LogP contribution is 2.25. The summed E-state index contributed by atoms with van der Waals surface area (Å²) in [6.45, 7) is 2.36. The summed E-state index contributed by atoms with van der Waals surface area (Å²) in [6, 6.07) is 17.3. The van der Waals surface area contributed by atoms with Gasteiger partial charge in [-0.1, -0.05) is 55.5 Å². The molecule has 3 unspecified atom stereocenters. The minimum absolute atomic E-state index is 0.0113. The van der Waals surface area contributed by atoms with Crippen LogP contribution in [0.2, 0.25) is 0 Å². The molecular formula is C19H22N2O2. The van der Waals surface area contributed by atoms with Gasteiger partial charge in [0, 0.05) is 6.04 Å². The molecule has 23 heavy (non-hydrogen) atoms. The molecule has 0 saturated carbocycles. The zero-order valence-corrected chi connectivity index (χ0v) is 13.2. The van der Waals surface area contributed by atoms with E-state index in [4.69, 9.17) is 10.5 Å². The van der Waals surface area contributed by atoms with E-state index in [1.54, 1.807) is 0 Å². The van der Waals surface area contributed by atoms with Crippen molar-refractivity contribution >= 4 is 5.91 Å². The summed E-state index contributed by atoms with van der Waals surface area (Å²) in [5, 5.41) is 3.07. The quantitative estimate of drug-likeness (QED) is 0.911. The fraction of sp³-hybridized carbons (Fsp3) is 0.316. The lowest BCUT2D eigenvalue weighted by Gasteiger charge is -2.28. The van der Waals surface area contributed by atoms with Crippen LogP contribution < -0.4 is 15.8 Å². The highest BCUT2D eigenvalue weighted by molar-refractivity contribution is 5.79. The van der Waals surface area contributed by atoms with Crippen LogP contribution in [-0.2, 0) is 11.2 Å². The van der Waals surface area contributed by atoms with Crippen molar-refractivity contribution in [2.75, 3.05) is 6.61 Å². The Kier molecular flexibility index (Phi) is 4.63. The van der Waals surface area contributed by atoms with Gasteiger partial charge in [-0.05, 0) is 23.6 Å². The van der Waals surface area contributed by atoms with E-state index in [-0.39, 0.29) is 23.9 Å². The average Bonchev–Trinajstić information content (AvgIpc) is 2.61. The molecule has 0 aromatic heterocycles. The van der Waals surface area contributed by atoms with Gasteiger partial charge < -0.3 is 15.8 Å². The Hall–Kier alpha value is -2.33. The first-order chi connectivity index (χ1) is 11.1. The monoisotopic (exact) mass is 310 g/mol. The average molecular weight is 310 g/mol. The molecule has 3 N–H and O–H groups in total. The Bertz CT molecular complexity index is 672. The molecule has 2 aromatic carbocycles.